The summed E-state index contributed by atoms with van der Waals surface area (Å²) >= 11 is 0. The second kappa shape index (κ2) is 17.6. The molecule has 18 heavy (non-hydrogen) atoms. The van der Waals surface area contributed by atoms with Crippen LogP contribution in [0.25, 0.3) is 0 Å². The Labute approximate surface area is 129 Å². The van der Waals surface area contributed by atoms with Gasteiger partial charge in [0, 0.05) is 10.4 Å². The average molecular weight is 291 g/mol. The summed E-state index contributed by atoms with van der Waals surface area (Å²) in [6.07, 6.45) is 14.4. The van der Waals surface area contributed by atoms with E-state index >= 15 is 0 Å². The standard InChI is InChI=1S/C12H26.Mg.H2O4S/c1-3-5-7-9-11-12-10-8-6-4-2;;1-5(2,3)4/h3-12H2,1-2H3;;(H2,1,2,3,4)/q;+2;/p-2. The van der Waals surface area contributed by atoms with Crippen LogP contribution in [0, 0.1) is 0 Å². The van der Waals surface area contributed by atoms with Gasteiger partial charge in [-0.2, -0.15) is 0 Å². The molecule has 0 aromatic heterocycles. The first kappa shape index (κ1) is 23.7. The van der Waals surface area contributed by atoms with Gasteiger partial charge in [0.2, 0.25) is 0 Å². The van der Waals surface area contributed by atoms with E-state index in [0.717, 1.165) is 0 Å². The number of rotatable bonds is 9. The summed E-state index contributed by atoms with van der Waals surface area (Å²) in [4.78, 5) is 0. The van der Waals surface area contributed by atoms with Gasteiger partial charge in [-0.25, -0.2) is 0 Å². The van der Waals surface area contributed by atoms with Crippen molar-refractivity contribution in [3.63, 3.8) is 0 Å². The van der Waals surface area contributed by atoms with Crippen LogP contribution in [0.15, 0.2) is 0 Å². The minimum Gasteiger partial charge on any atom is -0.759 e. The first-order valence-corrected chi connectivity index (χ1v) is 7.91. The van der Waals surface area contributed by atoms with Gasteiger partial charge in [0.1, 0.15) is 0 Å². The molecule has 0 unspecified atom stereocenters. The summed E-state index contributed by atoms with van der Waals surface area (Å²) in [5.41, 5.74) is 0. The van der Waals surface area contributed by atoms with Crippen LogP contribution in [0.3, 0.4) is 0 Å². The quantitative estimate of drug-likeness (QED) is 0.283. The molecule has 6 heteroatoms. The molecular weight excluding hydrogens is 264 g/mol. The van der Waals surface area contributed by atoms with Crippen molar-refractivity contribution in [2.75, 3.05) is 0 Å². The fourth-order valence-electron chi connectivity index (χ4n) is 1.56. The molecule has 0 bridgehead atoms. The Bertz CT molecular complexity index is 212. The van der Waals surface area contributed by atoms with Crippen LogP contribution in [0.4, 0.5) is 0 Å². The molecule has 0 N–H and O–H groups in total. The zero-order chi connectivity index (χ0) is 13.6. The molecule has 0 atom stereocenters. The summed E-state index contributed by atoms with van der Waals surface area (Å²) in [5.74, 6) is 0. The molecule has 0 aromatic carbocycles. The van der Waals surface area contributed by atoms with E-state index in [2.05, 4.69) is 13.8 Å². The summed E-state index contributed by atoms with van der Waals surface area (Å²) < 4.78 is 34.1. The Morgan fingerprint density at radius 3 is 1.00 bits per heavy atom. The van der Waals surface area contributed by atoms with Crippen LogP contribution < -0.4 is 0 Å². The molecule has 0 amide bonds. The Morgan fingerprint density at radius 1 is 0.667 bits per heavy atom. The normalized spacial score (nSPS) is 10.2. The maximum atomic E-state index is 8.52. The second-order valence-electron chi connectivity index (χ2n) is 4.24. The van der Waals surface area contributed by atoms with Gasteiger partial charge in [0.15, 0.2) is 0 Å². The predicted molar refractivity (Wildman–Crippen MR) is 73.7 cm³/mol. The first-order valence-electron chi connectivity index (χ1n) is 6.58. The van der Waals surface area contributed by atoms with E-state index in [-0.39, 0.29) is 23.1 Å². The third kappa shape index (κ3) is 43.8. The summed E-state index contributed by atoms with van der Waals surface area (Å²) in [7, 11) is -5.17. The monoisotopic (exact) mass is 290 g/mol. The van der Waals surface area contributed by atoms with E-state index in [1.54, 1.807) is 0 Å². The fraction of sp³-hybridized carbons (Fsp3) is 1.00. The van der Waals surface area contributed by atoms with E-state index in [9.17, 15) is 0 Å². The Hall–Kier alpha value is 0.636. The van der Waals surface area contributed by atoms with Crippen LogP contribution in [0.1, 0.15) is 78.1 Å². The molecule has 0 rings (SSSR count). The van der Waals surface area contributed by atoms with Gasteiger partial charge in [-0.1, -0.05) is 78.1 Å². The van der Waals surface area contributed by atoms with Gasteiger partial charge >= 0.3 is 23.1 Å². The molecule has 0 spiro atoms. The Kier molecular flexibility index (Phi) is 23.2. The zero-order valence-electron chi connectivity index (χ0n) is 11.8. The predicted octanol–water partition coefficient (Wildman–Crippen LogP) is 3.21. The van der Waals surface area contributed by atoms with Crippen LogP contribution in [-0.2, 0) is 10.4 Å². The van der Waals surface area contributed by atoms with Crippen molar-refractivity contribution >= 4 is 33.5 Å². The van der Waals surface area contributed by atoms with Gasteiger partial charge in [0.25, 0.3) is 0 Å². The van der Waals surface area contributed by atoms with Gasteiger partial charge in [-0.3, -0.25) is 8.42 Å². The third-order valence-corrected chi connectivity index (χ3v) is 2.46. The molecule has 0 saturated carbocycles. The molecule has 0 radical (unpaired) electrons. The molecule has 0 fully saturated rings. The Balaban J connectivity index is -0.000000321. The molecule has 0 aromatic rings. The van der Waals surface area contributed by atoms with Gasteiger partial charge in [0.05, 0.1) is 0 Å². The van der Waals surface area contributed by atoms with Crippen molar-refractivity contribution < 1.29 is 17.5 Å². The zero-order valence-corrected chi connectivity index (χ0v) is 14.1. The van der Waals surface area contributed by atoms with E-state index in [1.165, 1.54) is 64.2 Å². The number of hydrogen-bond acceptors (Lipinski definition) is 4. The smallest absolute Gasteiger partial charge is 0.759 e. The van der Waals surface area contributed by atoms with Crippen molar-refractivity contribution in [1.29, 1.82) is 0 Å². The minimum atomic E-state index is -5.17. The van der Waals surface area contributed by atoms with Gasteiger partial charge in [-0.15, -0.1) is 0 Å². The van der Waals surface area contributed by atoms with Crippen molar-refractivity contribution in [2.45, 2.75) is 78.1 Å². The second-order valence-corrected chi connectivity index (χ2v) is 5.05. The molecule has 0 saturated heterocycles. The summed E-state index contributed by atoms with van der Waals surface area (Å²) in [6.45, 7) is 4.56. The molecule has 4 nitrogen and oxygen atoms in total. The maximum Gasteiger partial charge on any atom is 2.00 e. The van der Waals surface area contributed by atoms with Crippen LogP contribution in [0.5, 0.6) is 0 Å². The van der Waals surface area contributed by atoms with E-state index in [1.807, 2.05) is 0 Å². The van der Waals surface area contributed by atoms with Crippen LogP contribution >= 0.6 is 0 Å². The van der Waals surface area contributed by atoms with Crippen molar-refractivity contribution in [1.82, 2.24) is 0 Å². The Morgan fingerprint density at radius 2 is 0.833 bits per heavy atom. The summed E-state index contributed by atoms with van der Waals surface area (Å²) in [6, 6.07) is 0. The van der Waals surface area contributed by atoms with Crippen LogP contribution in [0.2, 0.25) is 0 Å². The third-order valence-electron chi connectivity index (χ3n) is 2.46. The molecular formula is C12H26MgO4S. The van der Waals surface area contributed by atoms with Crippen molar-refractivity contribution in [2.24, 2.45) is 0 Å². The van der Waals surface area contributed by atoms with Crippen molar-refractivity contribution in [3.8, 4) is 0 Å². The van der Waals surface area contributed by atoms with Crippen LogP contribution in [-0.4, -0.2) is 40.6 Å². The molecule has 0 aliphatic carbocycles. The summed E-state index contributed by atoms with van der Waals surface area (Å²) in [5, 5.41) is 0. The first-order chi connectivity index (χ1) is 7.91. The van der Waals surface area contributed by atoms with E-state index in [4.69, 9.17) is 17.5 Å². The molecule has 106 valence electrons. The fourth-order valence-corrected chi connectivity index (χ4v) is 1.56. The SMILES string of the molecule is CCCCCCCCCCCC.O=S(=O)([O-])[O-].[Mg+2]. The maximum absolute atomic E-state index is 8.52. The molecule has 0 aliphatic heterocycles. The number of unbranched alkanes of at least 4 members (excludes halogenated alkanes) is 9. The number of hydrogen-bond donors (Lipinski definition) is 0. The topological polar surface area (TPSA) is 80.3 Å². The van der Waals surface area contributed by atoms with Gasteiger partial charge < -0.3 is 9.11 Å². The molecule has 0 heterocycles. The minimum absolute atomic E-state index is 0. The average Bonchev–Trinajstić information content (AvgIpc) is 2.20. The van der Waals surface area contributed by atoms with Crippen molar-refractivity contribution in [3.05, 3.63) is 0 Å². The van der Waals surface area contributed by atoms with E-state index < -0.39 is 10.4 Å². The van der Waals surface area contributed by atoms with E-state index in [0.29, 0.717) is 0 Å². The largest absolute Gasteiger partial charge is 2.00 e. The molecule has 0 aliphatic rings. The van der Waals surface area contributed by atoms with Gasteiger partial charge in [-0.05, 0) is 0 Å².